The molecule has 0 amide bonds. The van der Waals surface area contributed by atoms with Gasteiger partial charge in [0.15, 0.2) is 0 Å². The number of nitrogens with zero attached hydrogens (tertiary/aromatic N) is 1. The summed E-state index contributed by atoms with van der Waals surface area (Å²) >= 11 is 0. The fourth-order valence-corrected chi connectivity index (χ4v) is 2.66. The minimum atomic E-state index is 0.705. The average molecular weight is 212 g/mol. The van der Waals surface area contributed by atoms with E-state index < -0.39 is 0 Å². The molecule has 2 atom stereocenters. The van der Waals surface area contributed by atoms with Crippen LogP contribution in [0.1, 0.15) is 32.6 Å². The second-order valence-electron chi connectivity index (χ2n) is 4.81. The van der Waals surface area contributed by atoms with E-state index in [1.807, 2.05) is 0 Å². The molecule has 2 aliphatic rings. The molecule has 2 saturated heterocycles. The number of hydrogen-bond acceptors (Lipinski definition) is 3. The Hall–Kier alpha value is -0.120. The van der Waals surface area contributed by atoms with E-state index in [-0.39, 0.29) is 0 Å². The molecule has 88 valence electrons. The summed E-state index contributed by atoms with van der Waals surface area (Å²) in [5.74, 6) is 0. The predicted molar refractivity (Wildman–Crippen MR) is 62.1 cm³/mol. The van der Waals surface area contributed by atoms with Gasteiger partial charge in [0.1, 0.15) is 0 Å². The largest absolute Gasteiger partial charge is 0.380 e. The van der Waals surface area contributed by atoms with Gasteiger partial charge in [-0.3, -0.25) is 4.90 Å². The summed E-state index contributed by atoms with van der Waals surface area (Å²) in [5, 5.41) is 3.64. The third kappa shape index (κ3) is 3.16. The maximum absolute atomic E-state index is 5.46. The van der Waals surface area contributed by atoms with E-state index in [0.29, 0.717) is 6.04 Å². The van der Waals surface area contributed by atoms with Crippen molar-refractivity contribution in [2.45, 2.75) is 44.7 Å². The second-order valence-corrected chi connectivity index (χ2v) is 4.81. The molecular weight excluding hydrogens is 188 g/mol. The van der Waals surface area contributed by atoms with Crippen LogP contribution in [0.5, 0.6) is 0 Å². The van der Waals surface area contributed by atoms with Crippen molar-refractivity contribution < 1.29 is 4.74 Å². The molecule has 3 nitrogen and oxygen atoms in total. The molecule has 2 rings (SSSR count). The topological polar surface area (TPSA) is 24.5 Å². The Labute approximate surface area is 93.2 Å². The zero-order chi connectivity index (χ0) is 10.5. The van der Waals surface area contributed by atoms with Crippen molar-refractivity contribution in [3.63, 3.8) is 0 Å². The maximum Gasteiger partial charge on any atom is 0.0622 e. The fraction of sp³-hybridized carbons (Fsp3) is 1.00. The number of likely N-dealkylation sites (tertiary alicyclic amines) is 1. The highest BCUT2D eigenvalue weighted by Crippen LogP contribution is 2.18. The van der Waals surface area contributed by atoms with Crippen LogP contribution in [0.2, 0.25) is 0 Å². The molecule has 2 unspecified atom stereocenters. The van der Waals surface area contributed by atoms with Gasteiger partial charge in [-0.05, 0) is 38.8 Å². The molecule has 0 aliphatic carbocycles. The van der Waals surface area contributed by atoms with E-state index in [2.05, 4.69) is 17.1 Å². The summed E-state index contributed by atoms with van der Waals surface area (Å²) in [7, 11) is 0. The maximum atomic E-state index is 5.46. The number of ether oxygens (including phenoxy) is 1. The SMILES string of the molecule is CCCNC1CCCN(C2CCOC2)C1. The van der Waals surface area contributed by atoms with Gasteiger partial charge in [0.25, 0.3) is 0 Å². The van der Waals surface area contributed by atoms with Crippen LogP contribution in [0.4, 0.5) is 0 Å². The van der Waals surface area contributed by atoms with E-state index in [1.165, 1.54) is 45.3 Å². The summed E-state index contributed by atoms with van der Waals surface area (Å²) in [6.45, 7) is 7.83. The van der Waals surface area contributed by atoms with Gasteiger partial charge in [0, 0.05) is 25.2 Å². The van der Waals surface area contributed by atoms with Gasteiger partial charge in [-0.1, -0.05) is 6.92 Å². The highest BCUT2D eigenvalue weighted by molar-refractivity contribution is 4.84. The Morgan fingerprint density at radius 3 is 3.07 bits per heavy atom. The lowest BCUT2D eigenvalue weighted by molar-refractivity contribution is 0.113. The summed E-state index contributed by atoms with van der Waals surface area (Å²) in [4.78, 5) is 2.63. The molecule has 1 N–H and O–H groups in total. The van der Waals surface area contributed by atoms with Gasteiger partial charge in [-0.25, -0.2) is 0 Å². The lowest BCUT2D eigenvalue weighted by Gasteiger charge is -2.36. The van der Waals surface area contributed by atoms with E-state index >= 15 is 0 Å². The van der Waals surface area contributed by atoms with Gasteiger partial charge in [0.05, 0.1) is 6.61 Å². The first-order chi connectivity index (χ1) is 7.40. The molecule has 0 radical (unpaired) electrons. The second kappa shape index (κ2) is 5.83. The number of rotatable bonds is 4. The van der Waals surface area contributed by atoms with Crippen molar-refractivity contribution in [2.24, 2.45) is 0 Å². The standard InChI is InChI=1S/C12H24N2O/c1-2-6-13-11-4-3-7-14(9-11)12-5-8-15-10-12/h11-13H,2-10H2,1H3. The van der Waals surface area contributed by atoms with E-state index in [4.69, 9.17) is 4.74 Å². The third-order valence-corrected chi connectivity index (χ3v) is 3.56. The Morgan fingerprint density at radius 2 is 2.33 bits per heavy atom. The zero-order valence-corrected chi connectivity index (χ0v) is 9.87. The first-order valence-electron chi connectivity index (χ1n) is 6.45. The summed E-state index contributed by atoms with van der Waals surface area (Å²) in [6.07, 6.45) is 5.17. The molecule has 2 aliphatic heterocycles. The molecule has 0 spiro atoms. The van der Waals surface area contributed by atoms with Gasteiger partial charge in [-0.15, -0.1) is 0 Å². The van der Waals surface area contributed by atoms with Gasteiger partial charge in [-0.2, -0.15) is 0 Å². The van der Waals surface area contributed by atoms with Crippen LogP contribution in [-0.4, -0.2) is 49.8 Å². The van der Waals surface area contributed by atoms with Crippen LogP contribution in [-0.2, 0) is 4.74 Å². The number of piperidine rings is 1. The highest BCUT2D eigenvalue weighted by Gasteiger charge is 2.27. The van der Waals surface area contributed by atoms with Crippen molar-refractivity contribution in [1.82, 2.24) is 10.2 Å². The normalized spacial score (nSPS) is 33.4. The molecular formula is C12H24N2O. The molecule has 0 saturated carbocycles. The van der Waals surface area contributed by atoms with Crippen molar-refractivity contribution in [3.05, 3.63) is 0 Å². The smallest absolute Gasteiger partial charge is 0.0622 e. The van der Waals surface area contributed by atoms with Crippen LogP contribution in [0, 0.1) is 0 Å². The quantitative estimate of drug-likeness (QED) is 0.759. The molecule has 2 heterocycles. The molecule has 0 aromatic carbocycles. The highest BCUT2D eigenvalue weighted by atomic mass is 16.5. The monoisotopic (exact) mass is 212 g/mol. The minimum Gasteiger partial charge on any atom is -0.380 e. The third-order valence-electron chi connectivity index (χ3n) is 3.56. The first kappa shape index (κ1) is 11.4. The Morgan fingerprint density at radius 1 is 1.40 bits per heavy atom. The molecule has 3 heteroatoms. The van der Waals surface area contributed by atoms with E-state index in [9.17, 15) is 0 Å². The lowest BCUT2D eigenvalue weighted by Crippen LogP contribution is -2.49. The van der Waals surface area contributed by atoms with Crippen molar-refractivity contribution >= 4 is 0 Å². The molecule has 15 heavy (non-hydrogen) atoms. The Balaban J connectivity index is 1.75. The lowest BCUT2D eigenvalue weighted by atomic mass is 10.0. The summed E-state index contributed by atoms with van der Waals surface area (Å²) in [6, 6.07) is 1.43. The Kier molecular flexibility index (Phi) is 4.42. The van der Waals surface area contributed by atoms with Crippen molar-refractivity contribution in [3.8, 4) is 0 Å². The minimum absolute atomic E-state index is 0.705. The van der Waals surface area contributed by atoms with E-state index in [1.54, 1.807) is 0 Å². The first-order valence-corrected chi connectivity index (χ1v) is 6.45. The summed E-state index contributed by atoms with van der Waals surface area (Å²) in [5.41, 5.74) is 0. The van der Waals surface area contributed by atoms with Crippen LogP contribution >= 0.6 is 0 Å². The predicted octanol–water partition coefficient (Wildman–Crippen LogP) is 1.24. The van der Waals surface area contributed by atoms with E-state index in [0.717, 1.165) is 19.3 Å². The molecule has 2 fully saturated rings. The van der Waals surface area contributed by atoms with Gasteiger partial charge < -0.3 is 10.1 Å². The zero-order valence-electron chi connectivity index (χ0n) is 9.87. The number of hydrogen-bond donors (Lipinski definition) is 1. The van der Waals surface area contributed by atoms with Crippen molar-refractivity contribution in [1.29, 1.82) is 0 Å². The van der Waals surface area contributed by atoms with Crippen LogP contribution < -0.4 is 5.32 Å². The fourth-order valence-electron chi connectivity index (χ4n) is 2.66. The Bertz CT molecular complexity index is 180. The van der Waals surface area contributed by atoms with Gasteiger partial charge in [0.2, 0.25) is 0 Å². The van der Waals surface area contributed by atoms with Crippen LogP contribution in [0.3, 0.4) is 0 Å². The molecule has 0 aromatic rings. The average Bonchev–Trinajstić information content (AvgIpc) is 2.80. The van der Waals surface area contributed by atoms with Crippen molar-refractivity contribution in [2.75, 3.05) is 32.8 Å². The van der Waals surface area contributed by atoms with Gasteiger partial charge >= 0.3 is 0 Å². The molecule has 0 bridgehead atoms. The van der Waals surface area contributed by atoms with Crippen LogP contribution in [0.15, 0.2) is 0 Å². The summed E-state index contributed by atoms with van der Waals surface area (Å²) < 4.78 is 5.46. The van der Waals surface area contributed by atoms with Crippen LogP contribution in [0.25, 0.3) is 0 Å². The number of nitrogens with one attached hydrogen (secondary N) is 1. The molecule has 0 aromatic heterocycles.